The van der Waals surface area contributed by atoms with Crippen LogP contribution in [0.3, 0.4) is 0 Å². The molecule has 2 aromatic carbocycles. The van der Waals surface area contributed by atoms with Gasteiger partial charge in [-0.05, 0) is 45.0 Å². The standard InChI is InChI=1S/C28H33N5O5/c1-19-5-7-20(8-6-19)27(36)33-13-11-32(12-14-33)17-28(2,3)31-26(35)25(34)30-21-9-10-22(23(15-21)37-4)24-16-29-18-38-24/h5-10,15-16,18H,11-14,17H2,1-4H3,(H,30,34)(H,31,35). The predicted molar refractivity (Wildman–Crippen MR) is 143 cm³/mol. The van der Waals surface area contributed by atoms with Crippen LogP contribution in [0.1, 0.15) is 29.8 Å². The van der Waals surface area contributed by atoms with E-state index in [2.05, 4.69) is 20.5 Å². The fraction of sp³-hybridized carbons (Fsp3) is 0.357. The number of hydrogen-bond acceptors (Lipinski definition) is 7. The van der Waals surface area contributed by atoms with Crippen molar-refractivity contribution in [3.8, 4) is 17.1 Å². The van der Waals surface area contributed by atoms with Gasteiger partial charge in [0.1, 0.15) is 5.75 Å². The van der Waals surface area contributed by atoms with E-state index in [1.807, 2.05) is 49.9 Å². The van der Waals surface area contributed by atoms with Crippen LogP contribution in [0.5, 0.6) is 5.75 Å². The molecule has 0 aliphatic carbocycles. The van der Waals surface area contributed by atoms with Gasteiger partial charge in [-0.3, -0.25) is 19.3 Å². The van der Waals surface area contributed by atoms with Crippen LogP contribution in [-0.2, 0) is 9.59 Å². The first-order chi connectivity index (χ1) is 18.1. The van der Waals surface area contributed by atoms with Gasteiger partial charge in [0.2, 0.25) is 0 Å². The molecule has 1 aliphatic heterocycles. The largest absolute Gasteiger partial charge is 0.496 e. The lowest BCUT2D eigenvalue weighted by atomic mass is 10.0. The second kappa shape index (κ2) is 11.5. The number of carbonyl (C=O) groups excluding carboxylic acids is 3. The molecule has 0 spiro atoms. The lowest BCUT2D eigenvalue weighted by Crippen LogP contribution is -2.57. The van der Waals surface area contributed by atoms with Crippen LogP contribution in [0.15, 0.2) is 59.5 Å². The number of amides is 3. The summed E-state index contributed by atoms with van der Waals surface area (Å²) in [6.07, 6.45) is 2.88. The molecular formula is C28H33N5O5. The molecule has 2 N–H and O–H groups in total. The van der Waals surface area contributed by atoms with E-state index in [9.17, 15) is 14.4 Å². The van der Waals surface area contributed by atoms with E-state index in [-0.39, 0.29) is 5.91 Å². The zero-order valence-corrected chi connectivity index (χ0v) is 22.1. The van der Waals surface area contributed by atoms with E-state index >= 15 is 0 Å². The van der Waals surface area contributed by atoms with Crippen molar-refractivity contribution in [2.45, 2.75) is 26.3 Å². The summed E-state index contributed by atoms with van der Waals surface area (Å²) in [4.78, 5) is 46.0. The summed E-state index contributed by atoms with van der Waals surface area (Å²) in [5.41, 5.74) is 2.23. The molecule has 38 heavy (non-hydrogen) atoms. The molecule has 3 aromatic rings. The topological polar surface area (TPSA) is 117 Å². The molecule has 2 heterocycles. The van der Waals surface area contributed by atoms with Gasteiger partial charge in [-0.15, -0.1) is 0 Å². The van der Waals surface area contributed by atoms with Crippen LogP contribution in [0.25, 0.3) is 11.3 Å². The average molecular weight is 520 g/mol. The first-order valence-corrected chi connectivity index (χ1v) is 12.4. The highest BCUT2D eigenvalue weighted by atomic mass is 16.5. The number of aryl methyl sites for hydroxylation is 1. The minimum Gasteiger partial charge on any atom is -0.496 e. The van der Waals surface area contributed by atoms with E-state index in [0.29, 0.717) is 61.0 Å². The summed E-state index contributed by atoms with van der Waals surface area (Å²) >= 11 is 0. The highest BCUT2D eigenvalue weighted by molar-refractivity contribution is 6.39. The molecule has 200 valence electrons. The van der Waals surface area contributed by atoms with Crippen molar-refractivity contribution in [1.29, 1.82) is 0 Å². The van der Waals surface area contributed by atoms with Gasteiger partial charge in [0.15, 0.2) is 12.2 Å². The Morgan fingerprint density at radius 3 is 2.37 bits per heavy atom. The van der Waals surface area contributed by atoms with Crippen molar-refractivity contribution in [2.24, 2.45) is 0 Å². The van der Waals surface area contributed by atoms with Crippen molar-refractivity contribution in [3.05, 3.63) is 66.2 Å². The monoisotopic (exact) mass is 519 g/mol. The number of carbonyl (C=O) groups is 3. The van der Waals surface area contributed by atoms with Crippen LogP contribution in [0, 0.1) is 6.92 Å². The Kier molecular flexibility index (Phi) is 8.11. The molecule has 1 saturated heterocycles. The maximum absolute atomic E-state index is 12.8. The van der Waals surface area contributed by atoms with Gasteiger partial charge in [0, 0.05) is 55.6 Å². The average Bonchev–Trinajstić information content (AvgIpc) is 3.43. The summed E-state index contributed by atoms with van der Waals surface area (Å²) in [5, 5.41) is 5.44. The lowest BCUT2D eigenvalue weighted by molar-refractivity contribution is -0.137. The zero-order valence-electron chi connectivity index (χ0n) is 22.1. The van der Waals surface area contributed by atoms with Gasteiger partial charge in [-0.1, -0.05) is 17.7 Å². The van der Waals surface area contributed by atoms with Gasteiger partial charge >= 0.3 is 11.8 Å². The van der Waals surface area contributed by atoms with Crippen molar-refractivity contribution in [2.75, 3.05) is 45.2 Å². The normalized spacial score (nSPS) is 14.2. The number of piperazine rings is 1. The highest BCUT2D eigenvalue weighted by Crippen LogP contribution is 2.32. The van der Waals surface area contributed by atoms with E-state index in [0.717, 1.165) is 5.56 Å². The molecular weight excluding hydrogens is 486 g/mol. The third-order valence-electron chi connectivity index (χ3n) is 6.39. The number of aromatic nitrogens is 1. The van der Waals surface area contributed by atoms with Crippen LogP contribution < -0.4 is 15.4 Å². The van der Waals surface area contributed by atoms with E-state index in [1.54, 1.807) is 24.4 Å². The zero-order chi connectivity index (χ0) is 27.3. The smallest absolute Gasteiger partial charge is 0.313 e. The van der Waals surface area contributed by atoms with Gasteiger partial charge in [0.25, 0.3) is 5.91 Å². The van der Waals surface area contributed by atoms with Crippen LogP contribution in [0.2, 0.25) is 0 Å². The number of oxazole rings is 1. The molecule has 0 unspecified atom stereocenters. The molecule has 3 amide bonds. The molecule has 10 heteroatoms. The van der Waals surface area contributed by atoms with Crippen LogP contribution >= 0.6 is 0 Å². The van der Waals surface area contributed by atoms with Gasteiger partial charge in [-0.25, -0.2) is 4.98 Å². The molecule has 1 aliphatic rings. The summed E-state index contributed by atoms with van der Waals surface area (Å²) < 4.78 is 10.7. The van der Waals surface area contributed by atoms with Crippen molar-refractivity contribution in [1.82, 2.24) is 20.1 Å². The summed E-state index contributed by atoms with van der Waals surface area (Å²) in [6.45, 7) is 8.84. The van der Waals surface area contributed by atoms with Crippen molar-refractivity contribution < 1.29 is 23.5 Å². The third kappa shape index (κ3) is 6.57. The minimum atomic E-state index is -0.777. The van der Waals surface area contributed by atoms with Crippen molar-refractivity contribution >= 4 is 23.4 Å². The summed E-state index contributed by atoms with van der Waals surface area (Å²) in [7, 11) is 1.51. The number of ether oxygens (including phenoxy) is 1. The maximum atomic E-state index is 12.8. The Bertz CT molecular complexity index is 1280. The van der Waals surface area contributed by atoms with Crippen LogP contribution in [-0.4, -0.2) is 77.9 Å². The fourth-order valence-corrected chi connectivity index (χ4v) is 4.46. The number of methoxy groups -OCH3 is 1. The third-order valence-corrected chi connectivity index (χ3v) is 6.39. The number of rotatable bonds is 7. The fourth-order valence-electron chi connectivity index (χ4n) is 4.46. The molecule has 10 nitrogen and oxygen atoms in total. The van der Waals surface area contributed by atoms with Crippen molar-refractivity contribution in [3.63, 3.8) is 0 Å². The Hall–Kier alpha value is -4.18. The van der Waals surface area contributed by atoms with Gasteiger partial charge in [-0.2, -0.15) is 0 Å². The Morgan fingerprint density at radius 2 is 1.74 bits per heavy atom. The summed E-state index contributed by atoms with van der Waals surface area (Å²) in [6, 6.07) is 12.6. The van der Waals surface area contributed by atoms with Gasteiger partial charge in [0.05, 0.1) is 18.9 Å². The number of nitrogens with zero attached hydrogens (tertiary/aromatic N) is 3. The summed E-state index contributed by atoms with van der Waals surface area (Å²) in [5.74, 6) is -0.484. The van der Waals surface area contributed by atoms with Crippen LogP contribution in [0.4, 0.5) is 5.69 Å². The SMILES string of the molecule is COc1cc(NC(=O)C(=O)NC(C)(C)CN2CCN(C(=O)c3ccc(C)cc3)CC2)ccc1-c1cnco1. The predicted octanol–water partition coefficient (Wildman–Crippen LogP) is 2.95. The van der Waals surface area contributed by atoms with E-state index < -0.39 is 17.4 Å². The van der Waals surface area contributed by atoms with E-state index in [1.165, 1.54) is 13.5 Å². The Morgan fingerprint density at radius 1 is 1.03 bits per heavy atom. The maximum Gasteiger partial charge on any atom is 0.313 e. The molecule has 0 saturated carbocycles. The lowest BCUT2D eigenvalue weighted by Gasteiger charge is -2.39. The molecule has 0 atom stereocenters. The molecule has 0 bridgehead atoms. The quantitative estimate of drug-likeness (QED) is 0.461. The Balaban J connectivity index is 1.28. The second-order valence-corrected chi connectivity index (χ2v) is 10.0. The molecule has 4 rings (SSSR count). The number of benzene rings is 2. The molecule has 0 radical (unpaired) electrons. The number of nitrogens with one attached hydrogen (secondary N) is 2. The Labute approximate surface area is 222 Å². The first kappa shape index (κ1) is 26.9. The second-order valence-electron chi connectivity index (χ2n) is 10.0. The number of anilines is 1. The number of hydrogen-bond donors (Lipinski definition) is 2. The molecule has 1 aromatic heterocycles. The highest BCUT2D eigenvalue weighted by Gasteiger charge is 2.30. The van der Waals surface area contributed by atoms with E-state index in [4.69, 9.17) is 9.15 Å². The molecule has 1 fully saturated rings. The minimum absolute atomic E-state index is 0.0272. The van der Waals surface area contributed by atoms with Gasteiger partial charge < -0.3 is 24.7 Å². The first-order valence-electron chi connectivity index (χ1n) is 12.4.